The van der Waals surface area contributed by atoms with Gasteiger partial charge in [-0.1, -0.05) is 11.3 Å². The Morgan fingerprint density at radius 3 is 2.58 bits per heavy atom. The highest BCUT2D eigenvalue weighted by molar-refractivity contribution is 9.11. The van der Waals surface area contributed by atoms with Crippen LogP contribution in [-0.2, 0) is 4.79 Å². The Bertz CT molecular complexity index is 1420. The van der Waals surface area contributed by atoms with Crippen molar-refractivity contribution in [3.8, 4) is 28.7 Å². The van der Waals surface area contributed by atoms with Crippen LogP contribution in [-0.4, -0.2) is 51.6 Å². The average molecular weight is 570 g/mol. The molecule has 12 heteroatoms. The quantitative estimate of drug-likeness (QED) is 0.333. The maximum atomic E-state index is 13.0. The number of carbonyl (C=O) groups excluding carboxylic acids is 2. The van der Waals surface area contributed by atoms with Gasteiger partial charge in [0.2, 0.25) is 11.8 Å². The van der Waals surface area contributed by atoms with Gasteiger partial charge in [0, 0.05) is 44.1 Å². The fourth-order valence-electron chi connectivity index (χ4n) is 3.59. The maximum Gasteiger partial charge on any atom is 0.263 e. The van der Waals surface area contributed by atoms with Crippen molar-refractivity contribution in [3.05, 3.63) is 63.9 Å². The third-order valence-electron chi connectivity index (χ3n) is 5.36. The predicted molar refractivity (Wildman–Crippen MR) is 135 cm³/mol. The first kappa shape index (κ1) is 23.9. The van der Waals surface area contributed by atoms with Crippen LogP contribution in [0.3, 0.4) is 0 Å². The van der Waals surface area contributed by atoms with E-state index >= 15 is 0 Å². The molecule has 0 aliphatic carbocycles. The summed E-state index contributed by atoms with van der Waals surface area (Å²) in [6.45, 7) is 2.33. The molecule has 1 N–H and O–H groups in total. The van der Waals surface area contributed by atoms with Gasteiger partial charge in [-0.05, 0) is 52.3 Å². The average Bonchev–Trinajstić information content (AvgIpc) is 3.56. The minimum atomic E-state index is -0.617. The van der Waals surface area contributed by atoms with Crippen LogP contribution in [0.25, 0.3) is 11.5 Å². The Morgan fingerprint density at radius 1 is 1.17 bits per heavy atom. The number of likely N-dealkylation sites (tertiary alicyclic amines) is 1. The molecule has 1 unspecified atom stereocenters. The number of carbonyl (C=O) groups is 2. The van der Waals surface area contributed by atoms with E-state index in [9.17, 15) is 9.59 Å². The molecule has 2 aromatic carbocycles. The van der Waals surface area contributed by atoms with Gasteiger partial charge in [0.05, 0.1) is 9.98 Å². The summed E-state index contributed by atoms with van der Waals surface area (Å²) in [5, 5.41) is 11.1. The lowest BCUT2D eigenvalue weighted by Crippen LogP contribution is -2.29. The Labute approximate surface area is 218 Å². The fourth-order valence-corrected chi connectivity index (χ4v) is 4.69. The molecule has 1 saturated heterocycles. The molecular formula is C24H20BrN5O5S. The molecule has 2 aromatic heterocycles. The number of amides is 2. The molecule has 0 radical (unpaired) electrons. The van der Waals surface area contributed by atoms with Gasteiger partial charge >= 0.3 is 0 Å². The van der Waals surface area contributed by atoms with E-state index in [0.29, 0.717) is 52.7 Å². The SMILES string of the molecule is Cc1nnc(-c2ccc(Oc3cc(OC4CCN(C)C4=O)cc(C(=O)Nc4ncc(Br)s4)c3)cc2)o1. The summed E-state index contributed by atoms with van der Waals surface area (Å²) in [6, 6.07) is 11.9. The van der Waals surface area contributed by atoms with Crippen LogP contribution in [0.15, 0.2) is 56.9 Å². The van der Waals surface area contributed by atoms with E-state index in [1.54, 1.807) is 67.5 Å². The highest BCUT2D eigenvalue weighted by Gasteiger charge is 2.31. The largest absolute Gasteiger partial charge is 0.480 e. The van der Waals surface area contributed by atoms with Crippen molar-refractivity contribution in [3.63, 3.8) is 0 Å². The van der Waals surface area contributed by atoms with Crippen LogP contribution in [0.2, 0.25) is 0 Å². The number of rotatable bonds is 7. The number of aryl methyl sites for hydroxylation is 1. The third kappa shape index (κ3) is 5.39. The molecule has 1 aliphatic heterocycles. The summed E-state index contributed by atoms with van der Waals surface area (Å²) in [4.78, 5) is 31.1. The minimum Gasteiger partial charge on any atom is -0.480 e. The fraction of sp³-hybridized carbons (Fsp3) is 0.208. The van der Waals surface area contributed by atoms with Gasteiger partial charge in [-0.2, -0.15) is 0 Å². The van der Waals surface area contributed by atoms with Crippen molar-refractivity contribution < 1.29 is 23.5 Å². The van der Waals surface area contributed by atoms with E-state index in [1.807, 2.05) is 0 Å². The first-order chi connectivity index (χ1) is 17.3. The highest BCUT2D eigenvalue weighted by Crippen LogP contribution is 2.31. The Morgan fingerprint density at radius 2 is 1.94 bits per heavy atom. The molecule has 1 aliphatic rings. The lowest BCUT2D eigenvalue weighted by Gasteiger charge is -2.15. The zero-order valence-electron chi connectivity index (χ0n) is 19.2. The zero-order valence-corrected chi connectivity index (χ0v) is 21.6. The molecule has 0 spiro atoms. The lowest BCUT2D eigenvalue weighted by molar-refractivity contribution is -0.132. The number of ether oxygens (including phenoxy) is 2. The second-order valence-electron chi connectivity index (χ2n) is 8.02. The van der Waals surface area contributed by atoms with E-state index in [1.165, 1.54) is 11.3 Å². The van der Waals surface area contributed by atoms with Gasteiger partial charge in [0.15, 0.2) is 11.2 Å². The molecule has 10 nitrogen and oxygen atoms in total. The second-order valence-corrected chi connectivity index (χ2v) is 10.4. The number of halogens is 1. The van der Waals surface area contributed by atoms with Crippen molar-refractivity contribution >= 4 is 44.2 Å². The van der Waals surface area contributed by atoms with Crippen molar-refractivity contribution in [2.24, 2.45) is 0 Å². The molecule has 36 heavy (non-hydrogen) atoms. The topological polar surface area (TPSA) is 120 Å². The number of nitrogens with zero attached hydrogens (tertiary/aromatic N) is 4. The normalized spacial score (nSPS) is 15.2. The van der Waals surface area contributed by atoms with Gasteiger partial charge in [-0.15, -0.1) is 10.2 Å². The van der Waals surface area contributed by atoms with E-state index < -0.39 is 6.10 Å². The third-order valence-corrected chi connectivity index (χ3v) is 6.75. The van der Waals surface area contributed by atoms with Gasteiger partial charge < -0.3 is 18.8 Å². The number of thiazole rings is 1. The van der Waals surface area contributed by atoms with Crippen molar-refractivity contribution in [1.82, 2.24) is 20.1 Å². The monoisotopic (exact) mass is 569 g/mol. The zero-order chi connectivity index (χ0) is 25.2. The van der Waals surface area contributed by atoms with E-state index in [0.717, 1.165) is 9.35 Å². The summed E-state index contributed by atoms with van der Waals surface area (Å²) in [5.74, 6) is 1.65. The maximum absolute atomic E-state index is 13.0. The summed E-state index contributed by atoms with van der Waals surface area (Å²) in [7, 11) is 1.73. The molecule has 3 heterocycles. The molecule has 184 valence electrons. The van der Waals surface area contributed by atoms with E-state index in [-0.39, 0.29) is 11.8 Å². The summed E-state index contributed by atoms with van der Waals surface area (Å²) in [5.41, 5.74) is 1.05. The van der Waals surface area contributed by atoms with Crippen LogP contribution in [0.5, 0.6) is 17.2 Å². The van der Waals surface area contributed by atoms with Gasteiger partial charge in [-0.3, -0.25) is 14.9 Å². The van der Waals surface area contributed by atoms with Crippen LogP contribution < -0.4 is 14.8 Å². The molecule has 0 bridgehead atoms. The molecule has 1 fully saturated rings. The van der Waals surface area contributed by atoms with Crippen LogP contribution in [0.4, 0.5) is 5.13 Å². The summed E-state index contributed by atoms with van der Waals surface area (Å²) < 4.78 is 18.2. The number of nitrogens with one attached hydrogen (secondary N) is 1. The molecule has 2 amide bonds. The Kier molecular flexibility index (Phi) is 6.70. The van der Waals surface area contributed by atoms with Gasteiger partial charge in [0.25, 0.3) is 11.8 Å². The molecule has 0 saturated carbocycles. The molecule has 4 aromatic rings. The minimum absolute atomic E-state index is 0.105. The van der Waals surface area contributed by atoms with Crippen molar-refractivity contribution in [2.45, 2.75) is 19.4 Å². The van der Waals surface area contributed by atoms with Crippen molar-refractivity contribution in [1.29, 1.82) is 0 Å². The second kappa shape index (κ2) is 10.1. The van der Waals surface area contributed by atoms with Crippen LogP contribution in [0, 0.1) is 6.92 Å². The Hall–Kier alpha value is -3.77. The number of aromatic nitrogens is 3. The number of anilines is 1. The molecule has 5 rings (SSSR count). The molecular weight excluding hydrogens is 550 g/mol. The summed E-state index contributed by atoms with van der Waals surface area (Å²) in [6.07, 6.45) is 1.55. The van der Waals surface area contributed by atoms with Crippen molar-refractivity contribution in [2.75, 3.05) is 18.9 Å². The standard InChI is InChI=1S/C24H20BrN5O5S/c1-13-28-29-22(33-13)14-3-5-16(6-4-14)34-17-9-15(21(31)27-24-26-12-20(25)36-24)10-18(11-17)35-19-7-8-30(2)23(19)32/h3-6,9-12,19H,7-8H2,1-2H3,(H,26,27,31). The Balaban J connectivity index is 1.40. The highest BCUT2D eigenvalue weighted by atomic mass is 79.9. The first-order valence-corrected chi connectivity index (χ1v) is 12.5. The van der Waals surface area contributed by atoms with E-state index in [4.69, 9.17) is 13.9 Å². The predicted octanol–water partition coefficient (Wildman–Crippen LogP) is 4.92. The van der Waals surface area contributed by atoms with Gasteiger partial charge in [0.1, 0.15) is 17.2 Å². The van der Waals surface area contributed by atoms with Gasteiger partial charge in [-0.25, -0.2) is 4.98 Å². The number of hydrogen-bond donors (Lipinski definition) is 1. The number of benzene rings is 2. The van der Waals surface area contributed by atoms with Crippen LogP contribution in [0.1, 0.15) is 22.7 Å². The lowest BCUT2D eigenvalue weighted by atomic mass is 10.1. The number of hydrogen-bond acceptors (Lipinski definition) is 9. The number of likely N-dealkylation sites (N-methyl/N-ethyl adjacent to an activating group) is 1. The smallest absolute Gasteiger partial charge is 0.263 e. The summed E-state index contributed by atoms with van der Waals surface area (Å²) >= 11 is 4.63. The van der Waals surface area contributed by atoms with E-state index in [2.05, 4.69) is 36.4 Å². The van der Waals surface area contributed by atoms with Crippen LogP contribution >= 0.6 is 27.3 Å². The first-order valence-electron chi connectivity index (χ1n) is 10.9. The molecule has 1 atom stereocenters.